The average Bonchev–Trinajstić information content (AvgIpc) is 2.52. The summed E-state index contributed by atoms with van der Waals surface area (Å²) in [5, 5.41) is 1.01. The molecule has 0 saturated carbocycles. The Morgan fingerprint density at radius 2 is 1.76 bits per heavy atom. The molecule has 0 radical (unpaired) electrons. The van der Waals surface area contributed by atoms with Gasteiger partial charge in [0, 0.05) is 5.39 Å². The third kappa shape index (κ3) is 3.03. The first-order valence-corrected chi connectivity index (χ1v) is 6.88. The second-order valence-electron chi connectivity index (χ2n) is 4.57. The number of halogens is 1. The Kier molecular flexibility index (Phi) is 3.84. The van der Waals surface area contributed by atoms with E-state index in [1.807, 2.05) is 54.6 Å². The van der Waals surface area contributed by atoms with Gasteiger partial charge in [0.05, 0.1) is 11.1 Å². The number of carbonyl (C=O) groups is 1. The van der Waals surface area contributed by atoms with Crippen LogP contribution < -0.4 is 0 Å². The lowest BCUT2D eigenvalue weighted by Crippen LogP contribution is -2.06. The van der Waals surface area contributed by atoms with Crippen LogP contribution in [0.3, 0.4) is 0 Å². The van der Waals surface area contributed by atoms with Crippen LogP contribution in [0.1, 0.15) is 15.9 Å². The predicted octanol–water partition coefficient (Wildman–Crippen LogP) is 4.25. The molecular formula is C17H12ClNO2. The number of para-hydroxylation sites is 1. The van der Waals surface area contributed by atoms with Gasteiger partial charge in [-0.05, 0) is 17.7 Å². The van der Waals surface area contributed by atoms with Crippen molar-refractivity contribution < 1.29 is 9.53 Å². The summed E-state index contributed by atoms with van der Waals surface area (Å²) in [5.74, 6) is -0.403. The number of fused-ring (bicyclic) bond motifs is 1. The van der Waals surface area contributed by atoms with E-state index in [1.54, 1.807) is 0 Å². The third-order valence-corrected chi connectivity index (χ3v) is 3.31. The van der Waals surface area contributed by atoms with Gasteiger partial charge in [0.1, 0.15) is 11.8 Å². The molecule has 0 fully saturated rings. The van der Waals surface area contributed by atoms with Crippen LogP contribution >= 0.6 is 11.6 Å². The average molecular weight is 298 g/mol. The topological polar surface area (TPSA) is 39.2 Å². The molecular weight excluding hydrogens is 286 g/mol. The van der Waals surface area contributed by atoms with Crippen molar-refractivity contribution in [1.82, 2.24) is 4.98 Å². The van der Waals surface area contributed by atoms with Crippen molar-refractivity contribution in [3.05, 3.63) is 76.9 Å². The van der Waals surface area contributed by atoms with E-state index in [2.05, 4.69) is 4.98 Å². The lowest BCUT2D eigenvalue weighted by Gasteiger charge is -2.08. The number of ether oxygens (including phenoxy) is 1. The quantitative estimate of drug-likeness (QED) is 0.536. The van der Waals surface area contributed by atoms with Crippen LogP contribution in [0.4, 0.5) is 0 Å². The van der Waals surface area contributed by atoms with E-state index in [4.69, 9.17) is 16.3 Å². The number of carbonyl (C=O) groups excluding carboxylic acids is 1. The molecule has 4 heteroatoms. The molecule has 104 valence electrons. The molecule has 3 rings (SSSR count). The Labute approximate surface area is 127 Å². The second-order valence-corrected chi connectivity index (χ2v) is 4.96. The summed E-state index contributed by atoms with van der Waals surface area (Å²) in [6.07, 6.45) is 0. The number of esters is 1. The van der Waals surface area contributed by atoms with Crippen LogP contribution in [0.25, 0.3) is 10.9 Å². The second kappa shape index (κ2) is 5.94. The lowest BCUT2D eigenvalue weighted by molar-refractivity contribution is 0.0475. The molecule has 0 aliphatic carbocycles. The van der Waals surface area contributed by atoms with Crippen molar-refractivity contribution in [3.63, 3.8) is 0 Å². The van der Waals surface area contributed by atoms with Crippen LogP contribution in [0.15, 0.2) is 60.7 Å². The number of rotatable bonds is 3. The van der Waals surface area contributed by atoms with Crippen molar-refractivity contribution in [3.8, 4) is 0 Å². The molecule has 3 aromatic rings. The van der Waals surface area contributed by atoms with Gasteiger partial charge in [-0.25, -0.2) is 9.78 Å². The smallest absolute Gasteiger partial charge is 0.339 e. The van der Waals surface area contributed by atoms with Gasteiger partial charge < -0.3 is 4.74 Å². The predicted molar refractivity (Wildman–Crippen MR) is 82.3 cm³/mol. The van der Waals surface area contributed by atoms with Crippen LogP contribution in [0.2, 0.25) is 5.15 Å². The first-order valence-electron chi connectivity index (χ1n) is 6.50. The summed E-state index contributed by atoms with van der Waals surface area (Å²) in [7, 11) is 0. The van der Waals surface area contributed by atoms with E-state index in [0.29, 0.717) is 11.1 Å². The zero-order chi connectivity index (χ0) is 14.7. The minimum atomic E-state index is -0.403. The molecule has 1 heterocycles. The SMILES string of the molecule is O=C(OCc1ccccc1)c1cc(Cl)nc2ccccc12. The Balaban J connectivity index is 1.88. The molecule has 0 saturated heterocycles. The van der Waals surface area contributed by atoms with Crippen molar-refractivity contribution in [1.29, 1.82) is 0 Å². The van der Waals surface area contributed by atoms with Crippen LogP contribution in [-0.4, -0.2) is 11.0 Å². The molecule has 3 nitrogen and oxygen atoms in total. The molecule has 0 N–H and O–H groups in total. The number of aromatic nitrogens is 1. The van der Waals surface area contributed by atoms with E-state index in [1.165, 1.54) is 6.07 Å². The fraction of sp³-hybridized carbons (Fsp3) is 0.0588. The zero-order valence-corrected chi connectivity index (χ0v) is 11.9. The minimum Gasteiger partial charge on any atom is -0.457 e. The zero-order valence-electron chi connectivity index (χ0n) is 11.1. The summed E-state index contributed by atoms with van der Waals surface area (Å²) < 4.78 is 5.35. The minimum absolute atomic E-state index is 0.230. The number of hydrogen-bond donors (Lipinski definition) is 0. The number of nitrogens with zero attached hydrogens (tertiary/aromatic N) is 1. The Morgan fingerprint density at radius 3 is 2.57 bits per heavy atom. The Hall–Kier alpha value is -2.39. The highest BCUT2D eigenvalue weighted by Gasteiger charge is 2.13. The fourth-order valence-electron chi connectivity index (χ4n) is 2.11. The van der Waals surface area contributed by atoms with Crippen molar-refractivity contribution in [2.45, 2.75) is 6.61 Å². The Bertz CT molecular complexity index is 787. The van der Waals surface area contributed by atoms with Crippen molar-refractivity contribution in [2.24, 2.45) is 0 Å². The summed E-state index contributed by atoms with van der Waals surface area (Å²) in [6.45, 7) is 0.230. The summed E-state index contributed by atoms with van der Waals surface area (Å²) in [5.41, 5.74) is 2.05. The fourth-order valence-corrected chi connectivity index (χ4v) is 2.31. The summed E-state index contributed by atoms with van der Waals surface area (Å²) >= 11 is 5.97. The van der Waals surface area contributed by atoms with Crippen LogP contribution in [-0.2, 0) is 11.3 Å². The Morgan fingerprint density at radius 1 is 1.05 bits per heavy atom. The molecule has 0 bridgehead atoms. The maximum Gasteiger partial charge on any atom is 0.339 e. The molecule has 21 heavy (non-hydrogen) atoms. The first-order chi connectivity index (χ1) is 10.2. The van der Waals surface area contributed by atoms with E-state index in [0.717, 1.165) is 10.9 Å². The third-order valence-electron chi connectivity index (χ3n) is 3.12. The van der Waals surface area contributed by atoms with Crippen LogP contribution in [0, 0.1) is 0 Å². The molecule has 0 amide bonds. The highest BCUT2D eigenvalue weighted by molar-refractivity contribution is 6.30. The largest absolute Gasteiger partial charge is 0.457 e. The lowest BCUT2D eigenvalue weighted by atomic mass is 10.1. The van der Waals surface area contributed by atoms with Crippen molar-refractivity contribution >= 4 is 28.5 Å². The monoisotopic (exact) mass is 297 g/mol. The maximum atomic E-state index is 12.3. The normalized spacial score (nSPS) is 10.5. The van der Waals surface area contributed by atoms with E-state index in [9.17, 15) is 4.79 Å². The molecule has 0 aliphatic heterocycles. The molecule has 0 unspecified atom stereocenters. The standard InChI is InChI=1S/C17H12ClNO2/c18-16-10-14(13-8-4-5-9-15(13)19-16)17(20)21-11-12-6-2-1-3-7-12/h1-10H,11H2. The number of pyridine rings is 1. The highest BCUT2D eigenvalue weighted by atomic mass is 35.5. The number of hydrogen-bond acceptors (Lipinski definition) is 3. The van der Waals surface area contributed by atoms with Gasteiger partial charge in [-0.3, -0.25) is 0 Å². The summed E-state index contributed by atoms with van der Waals surface area (Å²) in [6, 6.07) is 18.4. The van der Waals surface area contributed by atoms with E-state index < -0.39 is 5.97 Å². The van der Waals surface area contributed by atoms with E-state index in [-0.39, 0.29) is 11.8 Å². The van der Waals surface area contributed by atoms with Gasteiger partial charge in [0.25, 0.3) is 0 Å². The molecule has 0 spiro atoms. The van der Waals surface area contributed by atoms with Gasteiger partial charge in [-0.15, -0.1) is 0 Å². The molecule has 0 aliphatic rings. The van der Waals surface area contributed by atoms with Gasteiger partial charge >= 0.3 is 5.97 Å². The molecule has 0 atom stereocenters. The van der Waals surface area contributed by atoms with E-state index >= 15 is 0 Å². The maximum absolute atomic E-state index is 12.3. The number of benzene rings is 2. The van der Waals surface area contributed by atoms with Gasteiger partial charge in [-0.2, -0.15) is 0 Å². The van der Waals surface area contributed by atoms with Gasteiger partial charge in [0.15, 0.2) is 0 Å². The highest BCUT2D eigenvalue weighted by Crippen LogP contribution is 2.21. The first kappa shape index (κ1) is 13.6. The summed E-state index contributed by atoms with van der Waals surface area (Å²) in [4.78, 5) is 16.5. The van der Waals surface area contributed by atoms with Gasteiger partial charge in [-0.1, -0.05) is 60.1 Å². The molecule has 2 aromatic carbocycles. The van der Waals surface area contributed by atoms with Crippen LogP contribution in [0.5, 0.6) is 0 Å². The molecule has 1 aromatic heterocycles. The van der Waals surface area contributed by atoms with Gasteiger partial charge in [0.2, 0.25) is 0 Å². The van der Waals surface area contributed by atoms with Crippen molar-refractivity contribution in [2.75, 3.05) is 0 Å².